The summed E-state index contributed by atoms with van der Waals surface area (Å²) in [5.41, 5.74) is 1.45. The van der Waals surface area contributed by atoms with E-state index >= 15 is 0 Å². The van der Waals surface area contributed by atoms with Gasteiger partial charge in [-0.1, -0.05) is 31.8 Å². The molecule has 0 unspecified atom stereocenters. The van der Waals surface area contributed by atoms with Gasteiger partial charge >= 0.3 is 12.2 Å². The van der Waals surface area contributed by atoms with Gasteiger partial charge in [-0.05, 0) is 49.6 Å². The second-order valence-corrected chi connectivity index (χ2v) is 18.1. The van der Waals surface area contributed by atoms with E-state index in [4.69, 9.17) is 4.74 Å². The molecule has 2 aliphatic heterocycles. The summed E-state index contributed by atoms with van der Waals surface area (Å²) < 4.78 is 63.8. The molecule has 232 valence electrons. The maximum atomic E-state index is 14.7. The Morgan fingerprint density at radius 2 is 1.84 bits per heavy atom. The zero-order valence-corrected chi connectivity index (χ0v) is 26.0. The number of fused-ring (bicyclic) bond motifs is 1. The van der Waals surface area contributed by atoms with Gasteiger partial charge in [-0.3, -0.25) is 9.88 Å². The summed E-state index contributed by atoms with van der Waals surface area (Å²) in [6, 6.07) is 7.62. The largest absolute Gasteiger partial charge is 0.418 e. The lowest BCUT2D eigenvalue weighted by Crippen LogP contribution is -2.54. The highest BCUT2D eigenvalue weighted by molar-refractivity contribution is 6.76. The van der Waals surface area contributed by atoms with E-state index in [1.54, 1.807) is 15.6 Å². The van der Waals surface area contributed by atoms with Crippen LogP contribution in [0.2, 0.25) is 25.7 Å². The van der Waals surface area contributed by atoms with Crippen LogP contribution in [0.3, 0.4) is 0 Å². The number of piperidine rings is 1. The third-order valence-electron chi connectivity index (χ3n) is 8.14. The molecule has 1 saturated heterocycles. The van der Waals surface area contributed by atoms with Crippen LogP contribution >= 0.6 is 0 Å². The molecule has 0 N–H and O–H groups in total. The molecule has 0 spiro atoms. The number of hydrogen-bond donors (Lipinski definition) is 0. The molecule has 0 atom stereocenters. The normalized spacial score (nSPS) is 16.7. The van der Waals surface area contributed by atoms with Crippen LogP contribution in [0.4, 0.5) is 33.7 Å². The number of nitrogens with zero attached hydrogens (tertiary/aromatic N) is 6. The van der Waals surface area contributed by atoms with Crippen LogP contribution in [-0.2, 0) is 30.7 Å². The van der Waals surface area contributed by atoms with Crippen LogP contribution in [-0.4, -0.2) is 59.5 Å². The average Bonchev–Trinajstić information content (AvgIpc) is 3.34. The van der Waals surface area contributed by atoms with Crippen molar-refractivity contribution in [2.75, 3.05) is 29.5 Å². The Hall–Kier alpha value is -3.45. The van der Waals surface area contributed by atoms with Crippen molar-refractivity contribution in [3.63, 3.8) is 0 Å². The van der Waals surface area contributed by atoms with Gasteiger partial charge in [0.2, 0.25) is 0 Å². The molecule has 13 heteroatoms. The molecular formula is C30H38F4N6O2Si. The molecule has 8 nitrogen and oxygen atoms in total. The van der Waals surface area contributed by atoms with Crippen molar-refractivity contribution in [2.45, 2.75) is 77.5 Å². The molecule has 43 heavy (non-hydrogen) atoms. The first-order valence-electron chi connectivity index (χ1n) is 14.5. The lowest BCUT2D eigenvalue weighted by molar-refractivity contribution is -0.138. The Morgan fingerprint density at radius 1 is 1.09 bits per heavy atom. The number of pyridine rings is 1. The van der Waals surface area contributed by atoms with E-state index < -0.39 is 25.8 Å². The first kappa shape index (κ1) is 31.0. The number of urea groups is 1. The van der Waals surface area contributed by atoms with Gasteiger partial charge in [0.15, 0.2) is 0 Å². The van der Waals surface area contributed by atoms with E-state index in [2.05, 4.69) is 29.7 Å². The smallest absolute Gasteiger partial charge is 0.369 e. The van der Waals surface area contributed by atoms with Crippen molar-refractivity contribution in [1.29, 1.82) is 0 Å². The second-order valence-electron chi connectivity index (χ2n) is 12.4. The fraction of sp³-hybridized carbons (Fsp3) is 0.500. The van der Waals surface area contributed by atoms with Gasteiger partial charge in [0.25, 0.3) is 0 Å². The zero-order valence-electron chi connectivity index (χ0n) is 25.0. The lowest BCUT2D eigenvalue weighted by atomic mass is 10.00. The molecule has 2 amide bonds. The van der Waals surface area contributed by atoms with E-state index in [-0.39, 0.29) is 37.4 Å². The SMILES string of the molecule is Cc1cccc(F)c1N1CCC(N2Cc3c(cnn3COCC[Si](C)(C)C)N(Cc3ncccc3C(F)(F)F)C2=O)CC1. The Labute approximate surface area is 250 Å². The second kappa shape index (κ2) is 12.3. The minimum atomic E-state index is -4.61. The minimum Gasteiger partial charge on any atom is -0.369 e. The highest BCUT2D eigenvalue weighted by atomic mass is 28.3. The number of amides is 2. The van der Waals surface area contributed by atoms with Crippen molar-refractivity contribution >= 4 is 25.5 Å². The Kier molecular flexibility index (Phi) is 8.84. The topological polar surface area (TPSA) is 66.7 Å². The van der Waals surface area contributed by atoms with Crippen LogP contribution in [0.25, 0.3) is 0 Å². The van der Waals surface area contributed by atoms with E-state index in [0.717, 1.165) is 17.7 Å². The predicted molar refractivity (Wildman–Crippen MR) is 159 cm³/mol. The number of aromatic nitrogens is 3. The number of rotatable bonds is 9. The first-order chi connectivity index (χ1) is 20.3. The molecule has 1 aromatic carbocycles. The third kappa shape index (κ3) is 6.87. The van der Waals surface area contributed by atoms with Crippen LogP contribution in [0.15, 0.2) is 42.7 Å². The molecule has 2 aliphatic rings. The fourth-order valence-corrected chi connectivity index (χ4v) is 6.51. The molecule has 3 aromatic rings. The van der Waals surface area contributed by atoms with Crippen molar-refractivity contribution in [3.05, 3.63) is 71.1 Å². The molecule has 5 rings (SSSR count). The van der Waals surface area contributed by atoms with Gasteiger partial charge in [0.05, 0.1) is 47.6 Å². The molecule has 0 aliphatic carbocycles. The van der Waals surface area contributed by atoms with E-state index in [9.17, 15) is 22.4 Å². The molecule has 0 bridgehead atoms. The van der Waals surface area contributed by atoms with Gasteiger partial charge < -0.3 is 14.5 Å². The Bertz CT molecular complexity index is 1430. The highest BCUT2D eigenvalue weighted by Gasteiger charge is 2.41. The average molecular weight is 619 g/mol. The molecule has 1 fully saturated rings. The number of ether oxygens (including phenoxy) is 1. The number of benzene rings is 1. The predicted octanol–water partition coefficient (Wildman–Crippen LogP) is 6.67. The Balaban J connectivity index is 1.40. The quantitative estimate of drug-likeness (QED) is 0.152. The van der Waals surface area contributed by atoms with Gasteiger partial charge in [0.1, 0.15) is 12.5 Å². The van der Waals surface area contributed by atoms with Crippen LogP contribution in [0.1, 0.15) is 35.4 Å². The van der Waals surface area contributed by atoms with E-state index in [1.165, 1.54) is 29.4 Å². The number of alkyl halides is 3. The van der Waals surface area contributed by atoms with Crippen molar-refractivity contribution in [3.8, 4) is 0 Å². The maximum absolute atomic E-state index is 14.7. The number of carbonyl (C=O) groups excluding carboxylic acids is 1. The van der Waals surface area contributed by atoms with Crippen molar-refractivity contribution in [1.82, 2.24) is 19.7 Å². The number of hydrogen-bond acceptors (Lipinski definition) is 5. The Morgan fingerprint density at radius 3 is 2.51 bits per heavy atom. The fourth-order valence-electron chi connectivity index (χ4n) is 5.75. The first-order valence-corrected chi connectivity index (χ1v) is 18.3. The third-order valence-corrected chi connectivity index (χ3v) is 9.84. The summed E-state index contributed by atoms with van der Waals surface area (Å²) >= 11 is 0. The molecular weight excluding hydrogens is 580 g/mol. The highest BCUT2D eigenvalue weighted by Crippen LogP contribution is 2.37. The van der Waals surface area contributed by atoms with Crippen molar-refractivity contribution < 1.29 is 27.1 Å². The summed E-state index contributed by atoms with van der Waals surface area (Å²) in [5.74, 6) is -0.280. The lowest BCUT2D eigenvalue weighted by Gasteiger charge is -2.43. The molecule has 0 radical (unpaired) electrons. The summed E-state index contributed by atoms with van der Waals surface area (Å²) in [4.78, 5) is 23.1. The monoisotopic (exact) mass is 618 g/mol. The summed E-state index contributed by atoms with van der Waals surface area (Å²) in [7, 11) is -1.31. The zero-order chi connectivity index (χ0) is 30.9. The maximum Gasteiger partial charge on any atom is 0.418 e. The summed E-state index contributed by atoms with van der Waals surface area (Å²) in [6.07, 6.45) is -0.626. The number of anilines is 2. The summed E-state index contributed by atoms with van der Waals surface area (Å²) in [6.45, 7) is 10.4. The number of para-hydroxylation sites is 1. The van der Waals surface area contributed by atoms with Crippen LogP contribution in [0, 0.1) is 12.7 Å². The van der Waals surface area contributed by atoms with Crippen LogP contribution < -0.4 is 9.80 Å². The van der Waals surface area contributed by atoms with Crippen molar-refractivity contribution in [2.24, 2.45) is 0 Å². The minimum absolute atomic E-state index is 0.179. The molecule has 2 aromatic heterocycles. The van der Waals surface area contributed by atoms with Crippen LogP contribution in [0.5, 0.6) is 0 Å². The number of carbonyl (C=O) groups is 1. The van der Waals surface area contributed by atoms with E-state index in [0.29, 0.717) is 49.6 Å². The van der Waals surface area contributed by atoms with E-state index in [1.807, 2.05) is 17.9 Å². The van der Waals surface area contributed by atoms with Gasteiger partial charge in [-0.15, -0.1) is 0 Å². The number of aryl methyl sites for hydroxylation is 1. The molecule has 0 saturated carbocycles. The number of halogens is 4. The van der Waals surface area contributed by atoms with Gasteiger partial charge in [0, 0.05) is 40.0 Å². The van der Waals surface area contributed by atoms with Gasteiger partial charge in [-0.25, -0.2) is 13.9 Å². The van der Waals surface area contributed by atoms with Gasteiger partial charge in [-0.2, -0.15) is 18.3 Å². The standard InChI is InChI=1S/C30H38F4N6O2Si/c1-21-7-5-9-24(31)28(21)37-13-10-22(11-14-37)38-19-27-26(17-36-40(27)20-42-15-16-43(2,3)4)39(29(38)41)18-25-23(30(32,33)34)8-6-12-35-25/h5-9,12,17,22H,10-11,13-16,18-20H2,1-4H3. The summed E-state index contributed by atoms with van der Waals surface area (Å²) in [5, 5.41) is 4.47. The molecule has 4 heterocycles.